The number of benzene rings is 1. The highest BCUT2D eigenvalue weighted by Crippen LogP contribution is 2.12. The molecule has 2 aromatic rings. The van der Waals surface area contributed by atoms with Crippen LogP contribution in [0, 0.1) is 0 Å². The van der Waals surface area contributed by atoms with E-state index in [9.17, 15) is 9.59 Å². The number of hydrogen-bond donors (Lipinski definition) is 2. The molecule has 0 atom stereocenters. The predicted molar refractivity (Wildman–Crippen MR) is 83.8 cm³/mol. The molecule has 7 heteroatoms. The summed E-state index contributed by atoms with van der Waals surface area (Å²) in [5.74, 6) is -0.257. The molecule has 0 saturated carbocycles. The maximum absolute atomic E-state index is 11.9. The Morgan fingerprint density at radius 2 is 1.83 bits per heavy atom. The number of carbonyl (C=O) groups excluding carboxylic acids is 2. The van der Waals surface area contributed by atoms with E-state index in [1.165, 1.54) is 18.6 Å². The van der Waals surface area contributed by atoms with Gasteiger partial charge in [0.05, 0.1) is 12.8 Å². The number of unbranched alkanes of at least 4 members (excludes halogenated alkanes) is 1. The van der Waals surface area contributed by atoms with Gasteiger partial charge in [0.25, 0.3) is 11.8 Å². The average molecular weight is 314 g/mol. The lowest BCUT2D eigenvalue weighted by molar-refractivity contribution is 0.0843. The van der Waals surface area contributed by atoms with Gasteiger partial charge in [-0.2, -0.15) is 0 Å². The molecular formula is C16H18N4O3. The molecule has 1 aromatic carbocycles. The number of carbonyl (C=O) groups is 2. The lowest BCUT2D eigenvalue weighted by atomic mass is 10.2. The van der Waals surface area contributed by atoms with Crippen LogP contribution in [0.5, 0.6) is 5.75 Å². The quantitative estimate of drug-likeness (QED) is 0.625. The van der Waals surface area contributed by atoms with Crippen LogP contribution in [0.3, 0.4) is 0 Å². The van der Waals surface area contributed by atoms with Gasteiger partial charge in [0.15, 0.2) is 0 Å². The second-order valence-electron chi connectivity index (χ2n) is 4.73. The first kappa shape index (κ1) is 16.4. The Bertz CT molecular complexity index is 644. The van der Waals surface area contributed by atoms with Crippen LogP contribution >= 0.6 is 0 Å². The van der Waals surface area contributed by atoms with E-state index in [0.29, 0.717) is 17.9 Å². The molecule has 1 heterocycles. The van der Waals surface area contributed by atoms with Gasteiger partial charge in [0.2, 0.25) is 0 Å². The Labute approximate surface area is 134 Å². The molecule has 2 rings (SSSR count). The fraction of sp³-hybridized carbons (Fsp3) is 0.250. The lowest BCUT2D eigenvalue weighted by Gasteiger charge is -2.08. The van der Waals surface area contributed by atoms with Crippen LogP contribution in [0.15, 0.2) is 42.9 Å². The van der Waals surface area contributed by atoms with Gasteiger partial charge in [0, 0.05) is 18.0 Å². The highest BCUT2D eigenvalue weighted by molar-refractivity contribution is 5.98. The van der Waals surface area contributed by atoms with E-state index >= 15 is 0 Å². The van der Waals surface area contributed by atoms with Crippen molar-refractivity contribution in [2.24, 2.45) is 0 Å². The molecule has 1 aromatic heterocycles. The molecule has 0 bridgehead atoms. The van der Waals surface area contributed by atoms with Crippen LogP contribution in [0.4, 0.5) is 0 Å². The number of aromatic nitrogens is 2. The third kappa shape index (κ3) is 5.06. The second kappa shape index (κ2) is 8.47. The second-order valence-corrected chi connectivity index (χ2v) is 4.73. The summed E-state index contributed by atoms with van der Waals surface area (Å²) >= 11 is 0. The van der Waals surface area contributed by atoms with Crippen LogP contribution in [-0.2, 0) is 0 Å². The Kier molecular flexibility index (Phi) is 6.05. The molecule has 0 unspecified atom stereocenters. The molecule has 0 aliphatic heterocycles. The summed E-state index contributed by atoms with van der Waals surface area (Å²) in [6.45, 7) is 2.74. The van der Waals surface area contributed by atoms with Crippen LogP contribution < -0.4 is 15.6 Å². The van der Waals surface area contributed by atoms with Gasteiger partial charge in [-0.25, -0.2) is 4.98 Å². The highest BCUT2D eigenvalue weighted by atomic mass is 16.5. The van der Waals surface area contributed by atoms with E-state index in [2.05, 4.69) is 27.7 Å². The Balaban J connectivity index is 1.84. The topological polar surface area (TPSA) is 93.2 Å². The first-order valence-electron chi connectivity index (χ1n) is 7.30. The lowest BCUT2D eigenvalue weighted by Crippen LogP contribution is -2.41. The van der Waals surface area contributed by atoms with Crippen molar-refractivity contribution in [1.82, 2.24) is 20.8 Å². The van der Waals surface area contributed by atoms with Crippen molar-refractivity contribution >= 4 is 11.8 Å². The molecule has 0 spiro atoms. The minimum Gasteiger partial charge on any atom is -0.494 e. The van der Waals surface area contributed by atoms with Crippen molar-refractivity contribution in [2.75, 3.05) is 6.61 Å². The van der Waals surface area contributed by atoms with E-state index in [1.807, 2.05) is 0 Å². The van der Waals surface area contributed by atoms with E-state index in [0.717, 1.165) is 12.8 Å². The summed E-state index contributed by atoms with van der Waals surface area (Å²) in [5, 5.41) is 0. The Morgan fingerprint density at radius 3 is 2.48 bits per heavy atom. The number of hydrazine groups is 1. The van der Waals surface area contributed by atoms with Crippen molar-refractivity contribution in [2.45, 2.75) is 19.8 Å². The summed E-state index contributed by atoms with van der Waals surface area (Å²) in [4.78, 5) is 31.3. The maximum atomic E-state index is 11.9. The zero-order valence-corrected chi connectivity index (χ0v) is 12.8. The van der Waals surface area contributed by atoms with Crippen molar-refractivity contribution in [3.63, 3.8) is 0 Å². The molecule has 0 fully saturated rings. The Hall–Kier alpha value is -2.96. The monoisotopic (exact) mass is 314 g/mol. The first-order valence-corrected chi connectivity index (χ1v) is 7.30. The molecule has 0 aliphatic carbocycles. The molecule has 0 saturated heterocycles. The van der Waals surface area contributed by atoms with Crippen molar-refractivity contribution in [3.05, 3.63) is 54.1 Å². The van der Waals surface area contributed by atoms with Gasteiger partial charge in [-0.15, -0.1) is 0 Å². The summed E-state index contributed by atoms with van der Waals surface area (Å²) < 4.78 is 5.52. The van der Waals surface area contributed by atoms with Gasteiger partial charge in [0.1, 0.15) is 11.4 Å². The predicted octanol–water partition coefficient (Wildman–Crippen LogP) is 1.73. The standard InChI is InChI=1S/C16H18N4O3/c1-2-3-10-23-13-6-4-12(5-7-13)15(21)19-20-16(22)14-11-17-8-9-18-14/h4-9,11H,2-3,10H2,1H3,(H,19,21)(H,20,22). The number of hydrogen-bond acceptors (Lipinski definition) is 5. The molecule has 0 radical (unpaired) electrons. The molecule has 0 aliphatic rings. The van der Waals surface area contributed by atoms with Gasteiger partial charge < -0.3 is 4.74 Å². The van der Waals surface area contributed by atoms with Crippen molar-refractivity contribution < 1.29 is 14.3 Å². The third-order valence-corrected chi connectivity index (χ3v) is 2.97. The molecular weight excluding hydrogens is 296 g/mol. The average Bonchev–Trinajstić information content (AvgIpc) is 2.61. The van der Waals surface area contributed by atoms with E-state index < -0.39 is 11.8 Å². The SMILES string of the molecule is CCCCOc1ccc(C(=O)NNC(=O)c2cnccn2)cc1. The number of amides is 2. The van der Waals surface area contributed by atoms with Crippen LogP contribution in [-0.4, -0.2) is 28.4 Å². The van der Waals surface area contributed by atoms with Gasteiger partial charge in [-0.1, -0.05) is 13.3 Å². The molecule has 7 nitrogen and oxygen atoms in total. The van der Waals surface area contributed by atoms with E-state index in [-0.39, 0.29) is 5.69 Å². The Morgan fingerprint density at radius 1 is 1.09 bits per heavy atom. The number of nitrogens with one attached hydrogen (secondary N) is 2. The fourth-order valence-corrected chi connectivity index (χ4v) is 1.70. The summed E-state index contributed by atoms with van der Waals surface area (Å²) in [5.41, 5.74) is 5.13. The maximum Gasteiger partial charge on any atom is 0.289 e. The zero-order chi connectivity index (χ0) is 16.5. The smallest absolute Gasteiger partial charge is 0.289 e. The zero-order valence-electron chi connectivity index (χ0n) is 12.8. The number of nitrogens with zero attached hydrogens (tertiary/aromatic N) is 2. The minimum atomic E-state index is -0.536. The van der Waals surface area contributed by atoms with Gasteiger partial charge in [-0.05, 0) is 30.7 Å². The van der Waals surface area contributed by atoms with Gasteiger partial charge in [-0.3, -0.25) is 25.4 Å². The summed E-state index contributed by atoms with van der Waals surface area (Å²) in [6.07, 6.45) is 6.21. The van der Waals surface area contributed by atoms with E-state index in [1.54, 1.807) is 24.3 Å². The number of rotatable bonds is 6. The normalized spacial score (nSPS) is 9.96. The summed E-state index contributed by atoms with van der Waals surface area (Å²) in [6, 6.07) is 6.69. The largest absolute Gasteiger partial charge is 0.494 e. The first-order chi connectivity index (χ1) is 11.2. The molecule has 2 N–H and O–H groups in total. The van der Waals surface area contributed by atoms with Crippen LogP contribution in [0.1, 0.15) is 40.6 Å². The molecule has 23 heavy (non-hydrogen) atoms. The molecule has 2 amide bonds. The third-order valence-electron chi connectivity index (χ3n) is 2.97. The summed E-state index contributed by atoms with van der Waals surface area (Å²) in [7, 11) is 0. The highest BCUT2D eigenvalue weighted by Gasteiger charge is 2.10. The van der Waals surface area contributed by atoms with Crippen LogP contribution in [0.2, 0.25) is 0 Å². The van der Waals surface area contributed by atoms with Gasteiger partial charge >= 0.3 is 0 Å². The van der Waals surface area contributed by atoms with Crippen LogP contribution in [0.25, 0.3) is 0 Å². The van der Waals surface area contributed by atoms with Crippen molar-refractivity contribution in [1.29, 1.82) is 0 Å². The minimum absolute atomic E-state index is 0.118. The van der Waals surface area contributed by atoms with E-state index in [4.69, 9.17) is 4.74 Å². The number of ether oxygens (including phenoxy) is 1. The fourth-order valence-electron chi connectivity index (χ4n) is 1.70. The molecule has 120 valence electrons. The van der Waals surface area contributed by atoms with Crippen molar-refractivity contribution in [3.8, 4) is 5.75 Å².